The summed E-state index contributed by atoms with van der Waals surface area (Å²) in [4.78, 5) is 0. The fourth-order valence-corrected chi connectivity index (χ4v) is 4.83. The molecule has 0 N–H and O–H groups in total. The Morgan fingerprint density at radius 2 is 1.35 bits per heavy atom. The zero-order valence-corrected chi connectivity index (χ0v) is 14.0. The second kappa shape index (κ2) is 7.27. The summed E-state index contributed by atoms with van der Waals surface area (Å²) in [7, 11) is 0. The van der Waals surface area contributed by atoms with Crippen LogP contribution < -0.4 is 0 Å². The van der Waals surface area contributed by atoms with Crippen LogP contribution in [0.4, 0.5) is 13.2 Å². The fraction of sp³-hybridized carbons (Fsp3) is 0.700. The van der Waals surface area contributed by atoms with Crippen molar-refractivity contribution in [2.45, 2.75) is 70.6 Å². The summed E-state index contributed by atoms with van der Waals surface area (Å²) >= 11 is 0. The molecule has 0 saturated heterocycles. The predicted molar refractivity (Wildman–Crippen MR) is 86.8 cm³/mol. The molecule has 0 atom stereocenters. The highest BCUT2D eigenvalue weighted by Crippen LogP contribution is 2.44. The standard InChI is InChI=1S/C20H27F3/c1-2-13-3-5-14(6-4-13)15-7-9-16(10-8-15)17-11-12-18(21)20(23)19(17)22/h11-16H,2-10H2,1H3. The lowest BCUT2D eigenvalue weighted by atomic mass is 9.68. The second-order valence-electron chi connectivity index (χ2n) is 7.57. The molecule has 0 unspecified atom stereocenters. The third kappa shape index (κ3) is 3.59. The molecule has 2 saturated carbocycles. The zero-order valence-electron chi connectivity index (χ0n) is 14.0. The van der Waals surface area contributed by atoms with Crippen LogP contribution in [-0.2, 0) is 0 Å². The van der Waals surface area contributed by atoms with Crippen LogP contribution >= 0.6 is 0 Å². The van der Waals surface area contributed by atoms with E-state index in [1.165, 1.54) is 38.2 Å². The molecule has 1 aromatic carbocycles. The molecule has 0 aliphatic heterocycles. The Morgan fingerprint density at radius 1 is 0.783 bits per heavy atom. The van der Waals surface area contributed by atoms with Crippen molar-refractivity contribution in [3.8, 4) is 0 Å². The molecule has 0 amide bonds. The van der Waals surface area contributed by atoms with Crippen LogP contribution in [0.25, 0.3) is 0 Å². The van der Waals surface area contributed by atoms with Gasteiger partial charge in [-0.05, 0) is 73.8 Å². The molecule has 0 radical (unpaired) electrons. The van der Waals surface area contributed by atoms with Gasteiger partial charge in [0.05, 0.1) is 0 Å². The summed E-state index contributed by atoms with van der Waals surface area (Å²) < 4.78 is 40.5. The SMILES string of the molecule is CCC1CCC(C2CCC(c3ccc(F)c(F)c3F)CC2)CC1. The fourth-order valence-electron chi connectivity index (χ4n) is 4.83. The van der Waals surface area contributed by atoms with Gasteiger partial charge in [-0.3, -0.25) is 0 Å². The lowest BCUT2D eigenvalue weighted by Crippen LogP contribution is -2.25. The molecule has 0 aromatic heterocycles. The van der Waals surface area contributed by atoms with E-state index in [0.29, 0.717) is 5.56 Å². The van der Waals surface area contributed by atoms with Crippen LogP contribution in [0.15, 0.2) is 12.1 Å². The van der Waals surface area contributed by atoms with Gasteiger partial charge in [0.2, 0.25) is 0 Å². The minimum absolute atomic E-state index is 0.0494. The smallest absolute Gasteiger partial charge is 0.194 e. The van der Waals surface area contributed by atoms with Gasteiger partial charge >= 0.3 is 0 Å². The van der Waals surface area contributed by atoms with Crippen molar-refractivity contribution in [2.75, 3.05) is 0 Å². The summed E-state index contributed by atoms with van der Waals surface area (Å²) in [6.45, 7) is 2.28. The summed E-state index contributed by atoms with van der Waals surface area (Å²) in [6, 6.07) is 2.50. The van der Waals surface area contributed by atoms with Gasteiger partial charge in [0.1, 0.15) is 0 Å². The molecule has 23 heavy (non-hydrogen) atoms. The second-order valence-corrected chi connectivity index (χ2v) is 7.57. The molecule has 1 aromatic rings. The number of halogens is 3. The molecule has 3 rings (SSSR count). The van der Waals surface area contributed by atoms with Crippen molar-refractivity contribution in [1.82, 2.24) is 0 Å². The molecule has 0 spiro atoms. The highest BCUT2D eigenvalue weighted by Gasteiger charge is 2.32. The first-order chi connectivity index (χ1) is 11.1. The van der Waals surface area contributed by atoms with Gasteiger partial charge in [-0.15, -0.1) is 0 Å². The Hall–Kier alpha value is -0.990. The van der Waals surface area contributed by atoms with Crippen molar-refractivity contribution in [3.05, 3.63) is 35.1 Å². The highest BCUT2D eigenvalue weighted by molar-refractivity contribution is 5.24. The van der Waals surface area contributed by atoms with Gasteiger partial charge in [0, 0.05) is 0 Å². The number of hydrogen-bond acceptors (Lipinski definition) is 0. The van der Waals surface area contributed by atoms with E-state index in [1.54, 1.807) is 0 Å². The van der Waals surface area contributed by atoms with Gasteiger partial charge in [-0.25, -0.2) is 13.2 Å². The first-order valence-corrected chi connectivity index (χ1v) is 9.23. The highest BCUT2D eigenvalue weighted by atomic mass is 19.2. The third-order valence-corrected chi connectivity index (χ3v) is 6.41. The number of rotatable bonds is 3. The maximum Gasteiger partial charge on any atom is 0.194 e. The Bertz CT molecular complexity index is 524. The third-order valence-electron chi connectivity index (χ3n) is 6.41. The van der Waals surface area contributed by atoms with Crippen molar-refractivity contribution >= 4 is 0 Å². The average Bonchev–Trinajstić information content (AvgIpc) is 2.60. The zero-order chi connectivity index (χ0) is 16.4. The average molecular weight is 324 g/mol. The summed E-state index contributed by atoms with van der Waals surface area (Å²) in [6.07, 6.45) is 10.7. The lowest BCUT2D eigenvalue weighted by Gasteiger charge is -2.38. The summed E-state index contributed by atoms with van der Waals surface area (Å²) in [5.41, 5.74) is 0.372. The van der Waals surface area contributed by atoms with Gasteiger partial charge in [0.25, 0.3) is 0 Å². The molecule has 2 aliphatic rings. The van der Waals surface area contributed by atoms with Gasteiger partial charge in [0.15, 0.2) is 17.5 Å². The van der Waals surface area contributed by atoms with Crippen LogP contribution in [0.2, 0.25) is 0 Å². The largest absolute Gasteiger partial charge is 0.204 e. The van der Waals surface area contributed by atoms with E-state index in [9.17, 15) is 13.2 Å². The molecule has 2 aliphatic carbocycles. The molecule has 0 nitrogen and oxygen atoms in total. The Labute approximate surface area is 137 Å². The molecular formula is C20H27F3. The Morgan fingerprint density at radius 3 is 1.91 bits per heavy atom. The van der Waals surface area contributed by atoms with Crippen LogP contribution in [0.1, 0.15) is 76.2 Å². The van der Waals surface area contributed by atoms with E-state index in [4.69, 9.17) is 0 Å². The van der Waals surface area contributed by atoms with Gasteiger partial charge in [-0.1, -0.05) is 32.3 Å². The van der Waals surface area contributed by atoms with Crippen LogP contribution in [0.5, 0.6) is 0 Å². The first-order valence-electron chi connectivity index (χ1n) is 9.23. The molecule has 0 heterocycles. The summed E-state index contributed by atoms with van der Waals surface area (Å²) in [5, 5.41) is 0. The van der Waals surface area contributed by atoms with Gasteiger partial charge in [-0.2, -0.15) is 0 Å². The monoisotopic (exact) mass is 324 g/mol. The molecule has 2 fully saturated rings. The van der Waals surface area contributed by atoms with E-state index in [1.807, 2.05) is 0 Å². The lowest BCUT2D eigenvalue weighted by molar-refractivity contribution is 0.158. The molecule has 3 heteroatoms. The van der Waals surface area contributed by atoms with E-state index >= 15 is 0 Å². The van der Waals surface area contributed by atoms with Crippen LogP contribution in [-0.4, -0.2) is 0 Å². The minimum Gasteiger partial charge on any atom is -0.204 e. The van der Waals surface area contributed by atoms with Crippen LogP contribution in [0.3, 0.4) is 0 Å². The van der Waals surface area contributed by atoms with E-state index in [0.717, 1.165) is 49.5 Å². The molecular weight excluding hydrogens is 297 g/mol. The van der Waals surface area contributed by atoms with E-state index < -0.39 is 17.5 Å². The predicted octanol–water partition coefficient (Wildman–Crippen LogP) is 6.59. The van der Waals surface area contributed by atoms with E-state index in [2.05, 4.69) is 6.92 Å². The summed E-state index contributed by atoms with van der Waals surface area (Å²) in [5.74, 6) is -0.842. The number of benzene rings is 1. The van der Waals surface area contributed by atoms with Crippen molar-refractivity contribution in [1.29, 1.82) is 0 Å². The van der Waals surface area contributed by atoms with E-state index in [-0.39, 0.29) is 5.92 Å². The first kappa shape index (κ1) is 16.9. The Kier molecular flexibility index (Phi) is 5.33. The van der Waals surface area contributed by atoms with Gasteiger partial charge < -0.3 is 0 Å². The van der Waals surface area contributed by atoms with Crippen LogP contribution in [0, 0.1) is 35.2 Å². The maximum absolute atomic E-state index is 14.0. The van der Waals surface area contributed by atoms with Crippen molar-refractivity contribution < 1.29 is 13.2 Å². The maximum atomic E-state index is 14.0. The molecule has 0 bridgehead atoms. The quantitative estimate of drug-likeness (QED) is 0.550. The molecule has 128 valence electrons. The van der Waals surface area contributed by atoms with Crippen molar-refractivity contribution in [2.24, 2.45) is 17.8 Å². The number of hydrogen-bond donors (Lipinski definition) is 0. The van der Waals surface area contributed by atoms with Crippen molar-refractivity contribution in [3.63, 3.8) is 0 Å². The minimum atomic E-state index is -1.32. The normalized spacial score (nSPS) is 32.0. The Balaban J connectivity index is 1.58. The topological polar surface area (TPSA) is 0 Å².